The van der Waals surface area contributed by atoms with Crippen LogP contribution in [0.5, 0.6) is 0 Å². The van der Waals surface area contributed by atoms with Crippen molar-refractivity contribution in [2.24, 2.45) is 11.8 Å². The summed E-state index contributed by atoms with van der Waals surface area (Å²) in [5, 5.41) is 2.96. The Balaban J connectivity index is 1.55. The maximum Gasteiger partial charge on any atom is 0.407 e. The summed E-state index contributed by atoms with van der Waals surface area (Å²) in [7, 11) is 0. The molecule has 1 aliphatic carbocycles. The van der Waals surface area contributed by atoms with Crippen LogP contribution in [0.4, 0.5) is 4.79 Å². The summed E-state index contributed by atoms with van der Waals surface area (Å²) in [5.74, 6) is 0.730. The minimum Gasteiger partial charge on any atom is -0.449 e. The smallest absolute Gasteiger partial charge is 0.407 e. The molecule has 1 aliphatic rings. The maximum atomic E-state index is 12.0. The lowest BCUT2D eigenvalue weighted by Gasteiger charge is -2.19. The maximum absolute atomic E-state index is 12.0. The highest BCUT2D eigenvalue weighted by molar-refractivity contribution is 5.67. The van der Waals surface area contributed by atoms with Crippen molar-refractivity contribution in [3.8, 4) is 0 Å². The molecule has 0 radical (unpaired) electrons. The van der Waals surface area contributed by atoms with Gasteiger partial charge in [-0.15, -0.1) is 0 Å². The van der Waals surface area contributed by atoms with E-state index in [1.807, 2.05) is 50.2 Å². The van der Waals surface area contributed by atoms with Crippen LogP contribution in [0.25, 0.3) is 0 Å². The molecule has 2 aromatic rings. The zero-order chi connectivity index (χ0) is 19.1. The molecule has 4 nitrogen and oxygen atoms in total. The van der Waals surface area contributed by atoms with Crippen molar-refractivity contribution in [3.63, 3.8) is 0 Å². The van der Waals surface area contributed by atoms with Crippen molar-refractivity contribution in [3.05, 3.63) is 71.8 Å². The number of benzene rings is 2. The van der Waals surface area contributed by atoms with Gasteiger partial charge >= 0.3 is 6.09 Å². The van der Waals surface area contributed by atoms with Crippen molar-refractivity contribution >= 4 is 6.09 Å². The summed E-state index contributed by atoms with van der Waals surface area (Å²) in [5.41, 5.74) is 2.37. The summed E-state index contributed by atoms with van der Waals surface area (Å²) < 4.78 is 11.2. The third kappa shape index (κ3) is 5.33. The zero-order valence-electron chi connectivity index (χ0n) is 16.2. The lowest BCUT2D eigenvalue weighted by molar-refractivity contribution is 0.104. The van der Waals surface area contributed by atoms with E-state index in [1.165, 1.54) is 11.1 Å². The number of carbonyl (C=O) groups is 1. The molecule has 0 aromatic heterocycles. The second-order valence-electron chi connectivity index (χ2n) is 7.77. The van der Waals surface area contributed by atoms with Crippen molar-refractivity contribution in [1.29, 1.82) is 0 Å². The number of hydrogen-bond donors (Lipinski definition) is 1. The van der Waals surface area contributed by atoms with Gasteiger partial charge in [0.25, 0.3) is 0 Å². The van der Waals surface area contributed by atoms with Gasteiger partial charge in [-0.25, -0.2) is 4.79 Å². The molecule has 1 amide bonds. The monoisotopic (exact) mass is 367 g/mol. The molecular formula is C23H29NO3. The van der Waals surface area contributed by atoms with Crippen molar-refractivity contribution in [1.82, 2.24) is 5.32 Å². The number of alkyl carbamates (subject to hydrolysis) is 1. The molecule has 1 saturated carbocycles. The average Bonchev–Trinajstić information content (AvgIpc) is 3.40. The second kappa shape index (κ2) is 9.05. The van der Waals surface area contributed by atoms with Gasteiger partial charge in [0.05, 0.1) is 19.8 Å². The fourth-order valence-electron chi connectivity index (χ4n) is 3.46. The predicted octanol–water partition coefficient (Wildman–Crippen LogP) is 4.54. The van der Waals surface area contributed by atoms with Crippen molar-refractivity contribution < 1.29 is 14.3 Å². The molecule has 4 heteroatoms. The molecule has 2 atom stereocenters. The van der Waals surface area contributed by atoms with E-state index in [-0.39, 0.29) is 11.5 Å². The van der Waals surface area contributed by atoms with Crippen molar-refractivity contribution in [2.75, 3.05) is 19.8 Å². The SMILES string of the molecule is CC(C)COC(=O)NC[C@]1(c2ccccc2)C[C@H]1COCc1ccccc1. The van der Waals surface area contributed by atoms with Gasteiger partial charge < -0.3 is 14.8 Å². The third-order valence-electron chi connectivity index (χ3n) is 5.11. The number of ether oxygens (including phenoxy) is 2. The lowest BCUT2D eigenvalue weighted by atomic mass is 9.93. The molecular weight excluding hydrogens is 338 g/mol. The first-order valence-corrected chi connectivity index (χ1v) is 9.68. The minimum atomic E-state index is -0.338. The summed E-state index contributed by atoms with van der Waals surface area (Å²) in [6, 6.07) is 20.6. The summed E-state index contributed by atoms with van der Waals surface area (Å²) in [4.78, 5) is 12.0. The number of hydrogen-bond acceptors (Lipinski definition) is 3. The van der Waals surface area contributed by atoms with E-state index >= 15 is 0 Å². The first-order chi connectivity index (χ1) is 13.1. The van der Waals surface area contributed by atoms with Gasteiger partial charge in [0, 0.05) is 12.0 Å². The Hall–Kier alpha value is -2.33. The van der Waals surface area contributed by atoms with Crippen LogP contribution in [0.1, 0.15) is 31.4 Å². The molecule has 0 spiro atoms. The highest BCUT2D eigenvalue weighted by Crippen LogP contribution is 2.54. The topological polar surface area (TPSA) is 47.6 Å². The molecule has 144 valence electrons. The van der Waals surface area contributed by atoms with E-state index in [9.17, 15) is 4.79 Å². The summed E-state index contributed by atoms with van der Waals surface area (Å²) in [6.45, 7) is 6.37. The Kier molecular flexibility index (Phi) is 6.51. The van der Waals surface area contributed by atoms with Gasteiger partial charge in [-0.3, -0.25) is 0 Å². The van der Waals surface area contributed by atoms with E-state index in [1.54, 1.807) is 0 Å². The molecule has 0 bridgehead atoms. The number of amides is 1. The summed E-state index contributed by atoms with van der Waals surface area (Å²) in [6.07, 6.45) is 0.672. The van der Waals surface area contributed by atoms with Crippen LogP contribution >= 0.6 is 0 Å². The van der Waals surface area contributed by atoms with Crippen LogP contribution < -0.4 is 5.32 Å². The zero-order valence-corrected chi connectivity index (χ0v) is 16.2. The highest BCUT2D eigenvalue weighted by atomic mass is 16.5. The molecule has 0 saturated heterocycles. The largest absolute Gasteiger partial charge is 0.449 e. The molecule has 1 N–H and O–H groups in total. The van der Waals surface area contributed by atoms with E-state index in [0.29, 0.717) is 38.2 Å². The quantitative estimate of drug-likeness (QED) is 0.708. The number of nitrogens with one attached hydrogen (secondary N) is 1. The fourth-order valence-corrected chi connectivity index (χ4v) is 3.46. The van der Waals surface area contributed by atoms with Crippen LogP contribution in [0.2, 0.25) is 0 Å². The average molecular weight is 367 g/mol. The van der Waals surface area contributed by atoms with Gasteiger partial charge in [0.1, 0.15) is 0 Å². The van der Waals surface area contributed by atoms with Gasteiger partial charge in [0.2, 0.25) is 0 Å². The molecule has 1 fully saturated rings. The number of carbonyl (C=O) groups excluding carboxylic acids is 1. The molecule has 0 aliphatic heterocycles. The normalized spacial score (nSPS) is 21.1. The van der Waals surface area contributed by atoms with Gasteiger partial charge in [0.15, 0.2) is 0 Å². The van der Waals surface area contributed by atoms with Gasteiger partial charge in [-0.05, 0) is 29.4 Å². The minimum absolute atomic E-state index is 0.0607. The first kappa shape index (κ1) is 19.4. The third-order valence-corrected chi connectivity index (χ3v) is 5.11. The van der Waals surface area contributed by atoms with E-state index in [0.717, 1.165) is 6.42 Å². The Morgan fingerprint density at radius 2 is 1.78 bits per heavy atom. The van der Waals surface area contributed by atoms with Crippen LogP contribution in [0.15, 0.2) is 60.7 Å². The Labute approximate surface area is 161 Å². The molecule has 27 heavy (non-hydrogen) atoms. The molecule has 0 unspecified atom stereocenters. The van der Waals surface area contributed by atoms with Crippen LogP contribution in [0.3, 0.4) is 0 Å². The molecule has 0 heterocycles. The standard InChI is InChI=1S/C23H29NO3/c1-18(2)14-27-22(25)24-17-23(20-11-7-4-8-12-20)13-21(23)16-26-15-19-9-5-3-6-10-19/h3-12,18,21H,13-17H2,1-2H3,(H,24,25)/t21-,23-/m0/s1. The Bertz CT molecular complexity index is 717. The van der Waals surface area contributed by atoms with E-state index in [2.05, 4.69) is 29.6 Å². The number of rotatable bonds is 9. The van der Waals surface area contributed by atoms with E-state index in [4.69, 9.17) is 9.47 Å². The van der Waals surface area contributed by atoms with Gasteiger partial charge in [-0.2, -0.15) is 0 Å². The first-order valence-electron chi connectivity index (χ1n) is 9.68. The molecule has 2 aromatic carbocycles. The summed E-state index contributed by atoms with van der Waals surface area (Å²) >= 11 is 0. The Morgan fingerprint density at radius 1 is 1.11 bits per heavy atom. The van der Waals surface area contributed by atoms with E-state index < -0.39 is 0 Å². The fraction of sp³-hybridized carbons (Fsp3) is 0.435. The molecule has 3 rings (SSSR count). The van der Waals surface area contributed by atoms with Crippen LogP contribution in [-0.2, 0) is 21.5 Å². The van der Waals surface area contributed by atoms with Crippen LogP contribution in [-0.4, -0.2) is 25.9 Å². The highest BCUT2D eigenvalue weighted by Gasteiger charge is 2.55. The van der Waals surface area contributed by atoms with Crippen molar-refractivity contribution in [2.45, 2.75) is 32.3 Å². The predicted molar refractivity (Wildman–Crippen MR) is 107 cm³/mol. The van der Waals surface area contributed by atoms with Gasteiger partial charge in [-0.1, -0.05) is 74.5 Å². The van der Waals surface area contributed by atoms with Crippen LogP contribution in [0, 0.1) is 11.8 Å². The lowest BCUT2D eigenvalue weighted by Crippen LogP contribution is -2.34. The second-order valence-corrected chi connectivity index (χ2v) is 7.77. The Morgan fingerprint density at radius 3 is 2.44 bits per heavy atom.